The molecule has 0 saturated heterocycles. The number of benzene rings is 1. The maximum atomic E-state index is 12.9. The highest BCUT2D eigenvalue weighted by molar-refractivity contribution is 6.04. The quantitative estimate of drug-likeness (QED) is 0.248. The van der Waals surface area contributed by atoms with Crippen LogP contribution in [0.5, 0.6) is 0 Å². The Morgan fingerprint density at radius 3 is 2.32 bits per heavy atom. The highest BCUT2D eigenvalue weighted by atomic mass is 19.4. The van der Waals surface area contributed by atoms with Gasteiger partial charge in [0.05, 0.1) is 28.9 Å². The first-order valence-electron chi connectivity index (χ1n) is 9.83. The summed E-state index contributed by atoms with van der Waals surface area (Å²) >= 11 is 0. The molecule has 10 nitrogen and oxygen atoms in total. The van der Waals surface area contributed by atoms with Crippen molar-refractivity contribution in [2.45, 2.75) is 46.0 Å². The Balaban J connectivity index is 2.17. The largest absolute Gasteiger partial charge is 0.465 e. The van der Waals surface area contributed by atoms with Gasteiger partial charge in [-0.15, -0.1) is 0 Å². The van der Waals surface area contributed by atoms with E-state index in [4.69, 9.17) is 4.74 Å². The summed E-state index contributed by atoms with van der Waals surface area (Å²) < 4.78 is 48.4. The van der Waals surface area contributed by atoms with Crippen LogP contribution in [-0.2, 0) is 20.4 Å². The molecule has 1 heterocycles. The predicted octanol–water partition coefficient (Wildman–Crippen LogP) is 3.96. The van der Waals surface area contributed by atoms with Gasteiger partial charge in [-0.3, -0.25) is 14.9 Å². The standard InChI is InChI=1S/C21H22F3N3O7/c1-9-16(20(30)33-5)10(2)26-17(9)18(28)12(4)34-19(29)11(3)25-14-7-6-13(21(22,23)24)8-15(14)27(31)32/h6-8,11-12,25-26H,1-5H3/t11-,12?/m0/s1. The number of hydrogen-bond acceptors (Lipinski definition) is 8. The van der Waals surface area contributed by atoms with Crippen LogP contribution in [0, 0.1) is 24.0 Å². The van der Waals surface area contributed by atoms with E-state index in [1.54, 1.807) is 6.92 Å². The Hall–Kier alpha value is -3.90. The molecule has 2 rings (SSSR count). The lowest BCUT2D eigenvalue weighted by molar-refractivity contribution is -0.384. The van der Waals surface area contributed by atoms with E-state index in [-0.39, 0.29) is 16.9 Å². The Labute approximate surface area is 191 Å². The number of nitrogens with zero attached hydrogens (tertiary/aromatic N) is 1. The summed E-state index contributed by atoms with van der Waals surface area (Å²) in [6, 6.07) is 0.567. The van der Waals surface area contributed by atoms with Crippen molar-refractivity contribution in [2.75, 3.05) is 12.4 Å². The Morgan fingerprint density at radius 1 is 1.18 bits per heavy atom. The molecule has 0 bridgehead atoms. The summed E-state index contributed by atoms with van der Waals surface area (Å²) in [5.41, 5.74) is -1.53. The van der Waals surface area contributed by atoms with Crippen molar-refractivity contribution >= 4 is 29.1 Å². The van der Waals surface area contributed by atoms with E-state index < -0.39 is 52.2 Å². The third-order valence-electron chi connectivity index (χ3n) is 4.98. The number of ketones is 1. The first-order valence-corrected chi connectivity index (χ1v) is 9.83. The number of H-pyrrole nitrogens is 1. The molecule has 0 aliphatic rings. The molecule has 0 aliphatic carbocycles. The summed E-state index contributed by atoms with van der Waals surface area (Å²) in [6.45, 7) is 5.64. The molecule has 0 radical (unpaired) electrons. The molecule has 1 aromatic carbocycles. The fraction of sp³-hybridized carbons (Fsp3) is 0.381. The zero-order chi connectivity index (χ0) is 26.0. The monoisotopic (exact) mass is 485 g/mol. The number of nitro benzene ring substituents is 1. The highest BCUT2D eigenvalue weighted by Crippen LogP contribution is 2.35. The number of nitrogens with one attached hydrogen (secondary N) is 2. The number of alkyl halides is 3. The predicted molar refractivity (Wildman–Crippen MR) is 113 cm³/mol. The van der Waals surface area contributed by atoms with Crippen molar-refractivity contribution in [2.24, 2.45) is 0 Å². The van der Waals surface area contributed by atoms with Gasteiger partial charge in [-0.1, -0.05) is 0 Å². The summed E-state index contributed by atoms with van der Waals surface area (Å²) in [4.78, 5) is 50.0. The highest BCUT2D eigenvalue weighted by Gasteiger charge is 2.34. The molecule has 0 aliphatic heterocycles. The zero-order valence-corrected chi connectivity index (χ0v) is 18.8. The normalized spacial score (nSPS) is 13.1. The van der Waals surface area contributed by atoms with E-state index >= 15 is 0 Å². The van der Waals surface area contributed by atoms with Crippen LogP contribution in [-0.4, -0.2) is 46.9 Å². The minimum atomic E-state index is -4.79. The van der Waals surface area contributed by atoms with E-state index in [1.165, 1.54) is 27.9 Å². The summed E-state index contributed by atoms with van der Waals surface area (Å²) in [5, 5.41) is 13.6. The minimum Gasteiger partial charge on any atom is -0.465 e. The molecule has 2 aromatic rings. The summed E-state index contributed by atoms with van der Waals surface area (Å²) in [7, 11) is 1.19. The lowest BCUT2D eigenvalue weighted by atomic mass is 10.1. The van der Waals surface area contributed by atoms with Gasteiger partial charge in [0.2, 0.25) is 5.78 Å². The van der Waals surface area contributed by atoms with Crippen LogP contribution in [0.3, 0.4) is 0 Å². The van der Waals surface area contributed by atoms with Gasteiger partial charge in [0, 0.05) is 11.8 Å². The molecule has 1 unspecified atom stereocenters. The molecular weight excluding hydrogens is 463 g/mol. The molecule has 184 valence electrons. The van der Waals surface area contributed by atoms with Crippen LogP contribution in [0.4, 0.5) is 24.5 Å². The van der Waals surface area contributed by atoms with Gasteiger partial charge in [0.15, 0.2) is 6.10 Å². The Bertz CT molecular complexity index is 1140. The van der Waals surface area contributed by atoms with Gasteiger partial charge in [-0.2, -0.15) is 13.2 Å². The van der Waals surface area contributed by atoms with Crippen molar-refractivity contribution < 1.29 is 42.0 Å². The van der Waals surface area contributed by atoms with Crippen LogP contribution in [0.1, 0.15) is 51.5 Å². The van der Waals surface area contributed by atoms with Crippen LogP contribution < -0.4 is 5.32 Å². The van der Waals surface area contributed by atoms with E-state index in [0.29, 0.717) is 23.4 Å². The molecule has 2 N–H and O–H groups in total. The van der Waals surface area contributed by atoms with Crippen molar-refractivity contribution in [3.63, 3.8) is 0 Å². The van der Waals surface area contributed by atoms with E-state index in [0.717, 1.165) is 6.07 Å². The van der Waals surface area contributed by atoms with Crippen molar-refractivity contribution in [3.8, 4) is 0 Å². The van der Waals surface area contributed by atoms with Crippen LogP contribution in [0.15, 0.2) is 18.2 Å². The van der Waals surface area contributed by atoms with Gasteiger partial charge in [0.1, 0.15) is 11.7 Å². The van der Waals surface area contributed by atoms with Crippen molar-refractivity contribution in [1.82, 2.24) is 4.98 Å². The Morgan fingerprint density at radius 2 is 1.79 bits per heavy atom. The molecular formula is C21H22F3N3O7. The second kappa shape index (κ2) is 9.93. The maximum Gasteiger partial charge on any atom is 0.416 e. The van der Waals surface area contributed by atoms with E-state index in [2.05, 4.69) is 15.0 Å². The SMILES string of the molecule is COC(=O)c1c(C)[nH]c(C(=O)C(C)OC(=O)[C@H](C)Nc2ccc(C(F)(F)F)cc2[N+](=O)[O-])c1C. The first kappa shape index (κ1) is 26.4. The number of nitro groups is 1. The van der Waals surface area contributed by atoms with Crippen LogP contribution >= 0.6 is 0 Å². The van der Waals surface area contributed by atoms with Gasteiger partial charge in [-0.05, 0) is 45.4 Å². The average Bonchev–Trinajstić information content (AvgIpc) is 3.05. The smallest absolute Gasteiger partial charge is 0.416 e. The topological polar surface area (TPSA) is 141 Å². The number of carbonyl (C=O) groups is 3. The fourth-order valence-corrected chi connectivity index (χ4v) is 3.21. The number of methoxy groups -OCH3 is 1. The van der Waals surface area contributed by atoms with E-state index in [9.17, 15) is 37.7 Å². The van der Waals surface area contributed by atoms with E-state index in [1.807, 2.05) is 0 Å². The average molecular weight is 485 g/mol. The first-order chi connectivity index (χ1) is 15.7. The molecule has 2 atom stereocenters. The number of aromatic amines is 1. The van der Waals surface area contributed by atoms with Crippen LogP contribution in [0.2, 0.25) is 0 Å². The maximum absolute atomic E-state index is 12.9. The molecule has 13 heteroatoms. The number of Topliss-reactive ketones (excluding diaryl/α,β-unsaturated/α-hetero) is 1. The number of aromatic nitrogens is 1. The Kier molecular flexibility index (Phi) is 7.70. The number of ether oxygens (including phenoxy) is 2. The van der Waals surface area contributed by atoms with Crippen LogP contribution in [0.25, 0.3) is 0 Å². The molecule has 0 spiro atoms. The molecule has 0 saturated carbocycles. The van der Waals surface area contributed by atoms with Gasteiger partial charge in [0.25, 0.3) is 5.69 Å². The number of rotatable bonds is 8. The van der Waals surface area contributed by atoms with Crippen molar-refractivity contribution in [3.05, 3.63) is 56.4 Å². The molecule has 0 fully saturated rings. The lowest BCUT2D eigenvalue weighted by Gasteiger charge is -2.18. The van der Waals surface area contributed by atoms with Crippen molar-refractivity contribution in [1.29, 1.82) is 0 Å². The van der Waals surface area contributed by atoms with Gasteiger partial charge >= 0.3 is 18.1 Å². The number of anilines is 1. The number of esters is 2. The van der Waals surface area contributed by atoms with Gasteiger partial charge in [-0.25, -0.2) is 9.59 Å². The summed E-state index contributed by atoms with van der Waals surface area (Å²) in [5.74, 6) is -2.27. The lowest BCUT2D eigenvalue weighted by Crippen LogP contribution is -2.34. The number of carbonyl (C=O) groups excluding carboxylic acids is 3. The van der Waals surface area contributed by atoms with Gasteiger partial charge < -0.3 is 19.8 Å². The second-order valence-electron chi connectivity index (χ2n) is 7.41. The fourth-order valence-electron chi connectivity index (χ4n) is 3.21. The molecule has 0 amide bonds. The number of halogens is 3. The third-order valence-corrected chi connectivity index (χ3v) is 4.98. The molecule has 34 heavy (non-hydrogen) atoms. The minimum absolute atomic E-state index is 0.0391. The number of aryl methyl sites for hydroxylation is 1. The second-order valence-corrected chi connectivity index (χ2v) is 7.41. The summed E-state index contributed by atoms with van der Waals surface area (Å²) in [6.07, 6.45) is -6.09. The number of hydrogen-bond donors (Lipinski definition) is 2. The molecule has 1 aromatic heterocycles. The zero-order valence-electron chi connectivity index (χ0n) is 18.8. The third kappa shape index (κ3) is 5.53.